The molecule has 0 spiro atoms. The summed E-state index contributed by atoms with van der Waals surface area (Å²) in [6.07, 6.45) is 1.72. The van der Waals surface area contributed by atoms with Gasteiger partial charge in [-0.15, -0.1) is 0 Å². The monoisotopic (exact) mass is 225 g/mol. The van der Waals surface area contributed by atoms with Crippen molar-refractivity contribution in [1.82, 2.24) is 9.97 Å². The fourth-order valence-corrected chi connectivity index (χ4v) is 1.70. The molecular weight excluding hydrogens is 214 g/mol. The van der Waals surface area contributed by atoms with Gasteiger partial charge in [-0.25, -0.2) is 4.98 Å². The Morgan fingerprint density at radius 1 is 1.18 bits per heavy atom. The van der Waals surface area contributed by atoms with Crippen molar-refractivity contribution in [2.24, 2.45) is 5.73 Å². The first kappa shape index (κ1) is 9.99. The van der Waals surface area contributed by atoms with Crippen LogP contribution < -0.4 is 5.73 Å². The summed E-state index contributed by atoms with van der Waals surface area (Å²) >= 11 is 0. The van der Waals surface area contributed by atoms with Gasteiger partial charge in [-0.2, -0.15) is 0 Å². The van der Waals surface area contributed by atoms with Gasteiger partial charge in [0.2, 0.25) is 5.89 Å². The Kier molecular flexibility index (Phi) is 2.34. The average Bonchev–Trinajstić information content (AvgIpc) is 2.82. The highest BCUT2D eigenvalue weighted by Crippen LogP contribution is 2.23. The number of nitrogens with zero attached hydrogens (tertiary/aromatic N) is 2. The van der Waals surface area contributed by atoms with E-state index in [1.165, 1.54) is 0 Å². The summed E-state index contributed by atoms with van der Waals surface area (Å²) in [5.74, 6) is 0.537. The third kappa shape index (κ3) is 1.79. The van der Waals surface area contributed by atoms with Crippen LogP contribution >= 0.6 is 0 Å². The normalized spacial score (nSPS) is 10.9. The van der Waals surface area contributed by atoms with E-state index in [0.29, 0.717) is 12.4 Å². The van der Waals surface area contributed by atoms with Crippen molar-refractivity contribution in [3.05, 3.63) is 48.2 Å². The Labute approximate surface area is 98.1 Å². The van der Waals surface area contributed by atoms with Gasteiger partial charge in [-0.05, 0) is 29.8 Å². The summed E-state index contributed by atoms with van der Waals surface area (Å²) in [5, 5.41) is 0. The number of nitrogens with two attached hydrogens (primary N) is 1. The van der Waals surface area contributed by atoms with Crippen LogP contribution in [0.15, 0.2) is 47.0 Å². The Morgan fingerprint density at radius 3 is 2.88 bits per heavy atom. The number of hydrogen-bond donors (Lipinski definition) is 1. The molecule has 0 radical (unpaired) electrons. The Hall–Kier alpha value is -2.20. The number of pyridine rings is 1. The standard InChI is InChI=1S/C13H11N3O/c14-8-9-4-5-12-11(7-9)16-13(17-12)10-3-1-2-6-15-10/h1-7H,8,14H2. The van der Waals surface area contributed by atoms with Crippen molar-refractivity contribution in [2.75, 3.05) is 0 Å². The van der Waals surface area contributed by atoms with Gasteiger partial charge in [0, 0.05) is 12.7 Å². The number of benzene rings is 1. The van der Waals surface area contributed by atoms with Crippen molar-refractivity contribution in [1.29, 1.82) is 0 Å². The number of oxazole rings is 1. The molecule has 0 fully saturated rings. The highest BCUT2D eigenvalue weighted by molar-refractivity contribution is 5.76. The van der Waals surface area contributed by atoms with Crippen LogP contribution in [-0.4, -0.2) is 9.97 Å². The maximum absolute atomic E-state index is 5.64. The van der Waals surface area contributed by atoms with Crippen LogP contribution in [0.4, 0.5) is 0 Å². The molecule has 17 heavy (non-hydrogen) atoms. The molecule has 0 aliphatic heterocycles. The van der Waals surface area contributed by atoms with Gasteiger partial charge >= 0.3 is 0 Å². The molecule has 0 amide bonds. The molecule has 0 aliphatic carbocycles. The van der Waals surface area contributed by atoms with Crippen LogP contribution in [0.25, 0.3) is 22.7 Å². The van der Waals surface area contributed by atoms with Gasteiger partial charge in [0.1, 0.15) is 11.2 Å². The molecule has 4 heteroatoms. The zero-order valence-electron chi connectivity index (χ0n) is 9.13. The number of aromatic nitrogens is 2. The third-order valence-corrected chi connectivity index (χ3v) is 2.57. The first-order chi connectivity index (χ1) is 8.36. The lowest BCUT2D eigenvalue weighted by molar-refractivity contribution is 0.616. The van der Waals surface area contributed by atoms with Gasteiger partial charge in [0.25, 0.3) is 0 Å². The van der Waals surface area contributed by atoms with Crippen LogP contribution in [0, 0.1) is 0 Å². The lowest BCUT2D eigenvalue weighted by Crippen LogP contribution is -1.94. The molecule has 0 saturated carbocycles. The molecule has 4 nitrogen and oxygen atoms in total. The fraction of sp³-hybridized carbons (Fsp3) is 0.0769. The van der Waals surface area contributed by atoms with E-state index in [2.05, 4.69) is 9.97 Å². The molecule has 0 atom stereocenters. The zero-order valence-corrected chi connectivity index (χ0v) is 9.13. The van der Waals surface area contributed by atoms with Gasteiger partial charge in [0.05, 0.1) is 0 Å². The molecule has 2 aromatic heterocycles. The Balaban J connectivity index is 2.14. The molecule has 3 aromatic rings. The Morgan fingerprint density at radius 2 is 2.12 bits per heavy atom. The maximum atomic E-state index is 5.64. The number of fused-ring (bicyclic) bond motifs is 1. The molecule has 2 N–H and O–H groups in total. The maximum Gasteiger partial charge on any atom is 0.246 e. The van der Waals surface area contributed by atoms with Gasteiger partial charge in [-0.3, -0.25) is 4.98 Å². The first-order valence-electron chi connectivity index (χ1n) is 5.38. The third-order valence-electron chi connectivity index (χ3n) is 2.57. The highest BCUT2D eigenvalue weighted by Gasteiger charge is 2.08. The van der Waals surface area contributed by atoms with Crippen LogP contribution in [0.2, 0.25) is 0 Å². The summed E-state index contributed by atoms with van der Waals surface area (Å²) in [5.41, 5.74) is 8.93. The minimum absolute atomic E-state index is 0.502. The average molecular weight is 225 g/mol. The lowest BCUT2D eigenvalue weighted by Gasteiger charge is -1.92. The Bertz CT molecular complexity index is 646. The van der Waals surface area contributed by atoms with Crippen LogP contribution in [-0.2, 0) is 6.54 Å². The summed E-state index contributed by atoms with van der Waals surface area (Å²) < 4.78 is 5.64. The van der Waals surface area contributed by atoms with E-state index < -0.39 is 0 Å². The number of rotatable bonds is 2. The second kappa shape index (κ2) is 3.99. The van der Waals surface area contributed by atoms with Crippen LogP contribution in [0.3, 0.4) is 0 Å². The van der Waals surface area contributed by atoms with E-state index in [-0.39, 0.29) is 0 Å². The largest absolute Gasteiger partial charge is 0.435 e. The molecule has 0 saturated heterocycles. The topological polar surface area (TPSA) is 64.9 Å². The van der Waals surface area contributed by atoms with Gasteiger partial charge in [-0.1, -0.05) is 12.1 Å². The minimum atomic E-state index is 0.502. The highest BCUT2D eigenvalue weighted by atomic mass is 16.3. The summed E-state index contributed by atoms with van der Waals surface area (Å²) in [6, 6.07) is 11.4. The van der Waals surface area contributed by atoms with E-state index in [0.717, 1.165) is 22.4 Å². The summed E-state index contributed by atoms with van der Waals surface area (Å²) in [4.78, 5) is 8.61. The minimum Gasteiger partial charge on any atom is -0.435 e. The number of hydrogen-bond acceptors (Lipinski definition) is 4. The molecule has 1 aromatic carbocycles. The van der Waals surface area contributed by atoms with Crippen molar-refractivity contribution in [2.45, 2.75) is 6.54 Å². The van der Waals surface area contributed by atoms with E-state index in [9.17, 15) is 0 Å². The molecule has 0 bridgehead atoms. The smallest absolute Gasteiger partial charge is 0.246 e. The second-order valence-electron chi connectivity index (χ2n) is 3.74. The van der Waals surface area contributed by atoms with Gasteiger partial charge in [0.15, 0.2) is 5.58 Å². The quantitative estimate of drug-likeness (QED) is 0.727. The predicted octanol–water partition coefficient (Wildman–Crippen LogP) is 2.35. The first-order valence-corrected chi connectivity index (χ1v) is 5.38. The van der Waals surface area contributed by atoms with E-state index in [1.807, 2.05) is 36.4 Å². The SMILES string of the molecule is NCc1ccc2oc(-c3ccccn3)nc2c1. The lowest BCUT2D eigenvalue weighted by atomic mass is 10.2. The van der Waals surface area contributed by atoms with Crippen LogP contribution in [0.1, 0.15) is 5.56 Å². The van der Waals surface area contributed by atoms with E-state index in [4.69, 9.17) is 10.2 Å². The predicted molar refractivity (Wildman–Crippen MR) is 65.1 cm³/mol. The van der Waals surface area contributed by atoms with Crippen LogP contribution in [0.5, 0.6) is 0 Å². The van der Waals surface area contributed by atoms with Crippen molar-refractivity contribution in [3.63, 3.8) is 0 Å². The zero-order chi connectivity index (χ0) is 11.7. The van der Waals surface area contributed by atoms with Crippen molar-refractivity contribution >= 4 is 11.1 Å². The summed E-state index contributed by atoms with van der Waals surface area (Å²) in [7, 11) is 0. The van der Waals surface area contributed by atoms with E-state index in [1.54, 1.807) is 6.20 Å². The molecule has 3 rings (SSSR count). The fourth-order valence-electron chi connectivity index (χ4n) is 1.70. The molecular formula is C13H11N3O. The molecule has 0 unspecified atom stereocenters. The van der Waals surface area contributed by atoms with Crippen molar-refractivity contribution < 1.29 is 4.42 Å². The second-order valence-corrected chi connectivity index (χ2v) is 3.74. The summed E-state index contributed by atoms with van der Waals surface area (Å²) in [6.45, 7) is 0.502. The molecule has 84 valence electrons. The van der Waals surface area contributed by atoms with Gasteiger partial charge < -0.3 is 10.2 Å². The molecule has 2 heterocycles. The van der Waals surface area contributed by atoms with Crippen molar-refractivity contribution in [3.8, 4) is 11.6 Å². The molecule has 0 aliphatic rings. The van der Waals surface area contributed by atoms with E-state index >= 15 is 0 Å².